The first-order chi connectivity index (χ1) is 9.88. The number of nitrogens with zero attached hydrogens (tertiary/aromatic N) is 2. The Balaban J connectivity index is 2.97. The van der Waals surface area contributed by atoms with E-state index < -0.39 is 0 Å². The molecule has 0 aliphatic rings. The number of hydrogen-bond donors (Lipinski definition) is 1. The van der Waals surface area contributed by atoms with Gasteiger partial charge >= 0.3 is 0 Å². The van der Waals surface area contributed by atoms with Gasteiger partial charge in [-0.1, -0.05) is 19.1 Å². The lowest BCUT2D eigenvalue weighted by Crippen LogP contribution is -2.39. The van der Waals surface area contributed by atoms with E-state index in [2.05, 4.69) is 37.7 Å². The summed E-state index contributed by atoms with van der Waals surface area (Å²) in [5.74, 6) is 0.880. The molecule has 0 aliphatic carbocycles. The van der Waals surface area contributed by atoms with E-state index in [-0.39, 0.29) is 0 Å². The van der Waals surface area contributed by atoms with Crippen LogP contribution in [0.3, 0.4) is 0 Å². The van der Waals surface area contributed by atoms with E-state index in [4.69, 9.17) is 22.7 Å². The molecule has 1 rings (SSSR count). The summed E-state index contributed by atoms with van der Waals surface area (Å²) < 4.78 is 5.47. The minimum absolute atomic E-state index is 0.420. The maximum absolute atomic E-state index is 5.73. The fourth-order valence-electron chi connectivity index (χ4n) is 2.50. The summed E-state index contributed by atoms with van der Waals surface area (Å²) in [6.07, 6.45) is 0. The number of rotatable bonds is 8. The molecule has 0 fully saturated rings. The molecule has 0 aromatic heterocycles. The molecule has 5 heteroatoms. The van der Waals surface area contributed by atoms with Gasteiger partial charge in [-0.3, -0.25) is 4.90 Å². The first-order valence-corrected chi connectivity index (χ1v) is 7.65. The molecule has 4 nitrogen and oxygen atoms in total. The fraction of sp³-hybridized carbons (Fsp3) is 0.562. The van der Waals surface area contributed by atoms with Crippen molar-refractivity contribution in [1.82, 2.24) is 9.80 Å². The molecule has 1 aromatic rings. The minimum Gasteiger partial charge on any atom is -0.496 e. The van der Waals surface area contributed by atoms with Crippen molar-refractivity contribution >= 4 is 17.2 Å². The van der Waals surface area contributed by atoms with Gasteiger partial charge in [-0.05, 0) is 45.8 Å². The summed E-state index contributed by atoms with van der Waals surface area (Å²) in [6.45, 7) is 7.25. The van der Waals surface area contributed by atoms with Gasteiger partial charge in [0.25, 0.3) is 0 Å². The standard InChI is InChI=1S/C16H27N3OS/c1-6-19(12(2)10-18(3)4)11-14-9-13(16(17)21)7-8-15(14)20-5/h7-9,12H,6,10-11H2,1-5H3,(H2,17,21). The summed E-state index contributed by atoms with van der Waals surface area (Å²) >= 11 is 5.07. The second kappa shape index (κ2) is 8.32. The number of thiocarbonyl (C=S) groups is 1. The molecule has 1 unspecified atom stereocenters. The second-order valence-electron chi connectivity index (χ2n) is 5.57. The van der Waals surface area contributed by atoms with Gasteiger partial charge < -0.3 is 15.4 Å². The highest BCUT2D eigenvalue weighted by Gasteiger charge is 2.16. The maximum atomic E-state index is 5.73. The minimum atomic E-state index is 0.420. The van der Waals surface area contributed by atoms with E-state index in [0.717, 1.165) is 36.5 Å². The Morgan fingerprint density at radius 3 is 2.52 bits per heavy atom. The number of ether oxygens (including phenoxy) is 1. The van der Waals surface area contributed by atoms with Gasteiger partial charge in [-0.15, -0.1) is 0 Å². The topological polar surface area (TPSA) is 41.7 Å². The Hall–Kier alpha value is -1.17. The zero-order valence-electron chi connectivity index (χ0n) is 13.7. The van der Waals surface area contributed by atoms with Crippen LogP contribution in [0.5, 0.6) is 5.75 Å². The lowest BCUT2D eigenvalue weighted by molar-refractivity contribution is 0.172. The van der Waals surface area contributed by atoms with Gasteiger partial charge in [0.1, 0.15) is 10.7 Å². The third-order valence-corrected chi connectivity index (χ3v) is 3.83. The highest BCUT2D eigenvalue weighted by molar-refractivity contribution is 7.80. The van der Waals surface area contributed by atoms with E-state index in [1.165, 1.54) is 0 Å². The molecule has 1 atom stereocenters. The third kappa shape index (κ3) is 5.26. The molecular formula is C16H27N3OS. The van der Waals surface area contributed by atoms with Crippen LogP contribution < -0.4 is 10.5 Å². The zero-order chi connectivity index (χ0) is 16.0. The van der Waals surface area contributed by atoms with Crippen LogP contribution in [0, 0.1) is 0 Å². The Kier molecular flexibility index (Phi) is 7.08. The van der Waals surface area contributed by atoms with E-state index >= 15 is 0 Å². The molecule has 2 N–H and O–H groups in total. The largest absolute Gasteiger partial charge is 0.496 e. The van der Waals surface area contributed by atoms with E-state index in [9.17, 15) is 0 Å². The molecule has 0 bridgehead atoms. The van der Waals surface area contributed by atoms with Crippen molar-refractivity contribution in [2.24, 2.45) is 5.73 Å². The smallest absolute Gasteiger partial charge is 0.123 e. The van der Waals surface area contributed by atoms with Crippen LogP contribution in [0.2, 0.25) is 0 Å². The molecule has 118 valence electrons. The van der Waals surface area contributed by atoms with Crippen LogP contribution in [0.1, 0.15) is 25.0 Å². The number of benzene rings is 1. The fourth-order valence-corrected chi connectivity index (χ4v) is 2.62. The van der Waals surface area contributed by atoms with Crippen molar-refractivity contribution in [3.05, 3.63) is 29.3 Å². The third-order valence-electron chi connectivity index (χ3n) is 3.60. The van der Waals surface area contributed by atoms with Crippen molar-refractivity contribution in [1.29, 1.82) is 0 Å². The molecule has 0 heterocycles. The van der Waals surface area contributed by atoms with Gasteiger partial charge in [0.05, 0.1) is 7.11 Å². The van der Waals surface area contributed by atoms with Crippen molar-refractivity contribution in [3.8, 4) is 5.75 Å². The van der Waals surface area contributed by atoms with Crippen molar-refractivity contribution in [2.45, 2.75) is 26.4 Å². The molecule has 0 saturated heterocycles. The lowest BCUT2D eigenvalue weighted by Gasteiger charge is -2.30. The van der Waals surface area contributed by atoms with Crippen LogP contribution in [-0.4, -0.2) is 55.1 Å². The van der Waals surface area contributed by atoms with Gasteiger partial charge in [-0.25, -0.2) is 0 Å². The number of likely N-dealkylation sites (N-methyl/N-ethyl adjacent to an activating group) is 2. The van der Waals surface area contributed by atoms with E-state index in [1.807, 2.05) is 18.2 Å². The summed E-state index contributed by atoms with van der Waals surface area (Å²) in [5.41, 5.74) is 7.74. The molecule has 0 aliphatic heterocycles. The monoisotopic (exact) mass is 309 g/mol. The first-order valence-electron chi connectivity index (χ1n) is 7.24. The first kappa shape index (κ1) is 17.9. The van der Waals surface area contributed by atoms with Crippen LogP contribution >= 0.6 is 12.2 Å². The molecule has 0 radical (unpaired) electrons. The van der Waals surface area contributed by atoms with E-state index in [0.29, 0.717) is 11.0 Å². The molecule has 0 amide bonds. The second-order valence-corrected chi connectivity index (χ2v) is 6.01. The summed E-state index contributed by atoms with van der Waals surface area (Å²) in [5, 5.41) is 0. The van der Waals surface area contributed by atoms with Crippen LogP contribution in [0.15, 0.2) is 18.2 Å². The Morgan fingerprint density at radius 2 is 2.05 bits per heavy atom. The van der Waals surface area contributed by atoms with Gasteiger partial charge in [-0.2, -0.15) is 0 Å². The normalized spacial score (nSPS) is 12.7. The predicted octanol–water partition coefficient (Wildman–Crippen LogP) is 2.10. The SMILES string of the molecule is CCN(Cc1cc(C(N)=S)ccc1OC)C(C)CN(C)C. The van der Waals surface area contributed by atoms with Crippen LogP contribution in [0.4, 0.5) is 0 Å². The maximum Gasteiger partial charge on any atom is 0.123 e. The molecular weight excluding hydrogens is 282 g/mol. The average molecular weight is 309 g/mol. The van der Waals surface area contributed by atoms with Crippen molar-refractivity contribution in [3.63, 3.8) is 0 Å². The molecule has 1 aromatic carbocycles. The van der Waals surface area contributed by atoms with Gasteiger partial charge in [0.15, 0.2) is 0 Å². The Labute approximate surface area is 133 Å². The highest BCUT2D eigenvalue weighted by atomic mass is 32.1. The predicted molar refractivity (Wildman–Crippen MR) is 93.0 cm³/mol. The zero-order valence-corrected chi connectivity index (χ0v) is 14.5. The van der Waals surface area contributed by atoms with Crippen LogP contribution in [0.25, 0.3) is 0 Å². The quantitative estimate of drug-likeness (QED) is 0.745. The van der Waals surface area contributed by atoms with Crippen molar-refractivity contribution < 1.29 is 4.74 Å². The van der Waals surface area contributed by atoms with Gasteiger partial charge in [0.2, 0.25) is 0 Å². The number of hydrogen-bond acceptors (Lipinski definition) is 4. The summed E-state index contributed by atoms with van der Waals surface area (Å²) in [7, 11) is 5.88. The Morgan fingerprint density at radius 1 is 1.38 bits per heavy atom. The number of methoxy groups -OCH3 is 1. The van der Waals surface area contributed by atoms with Crippen molar-refractivity contribution in [2.75, 3.05) is 34.3 Å². The summed E-state index contributed by atoms with van der Waals surface area (Å²) in [6, 6.07) is 6.34. The highest BCUT2D eigenvalue weighted by Crippen LogP contribution is 2.22. The lowest BCUT2D eigenvalue weighted by atomic mass is 10.1. The Bertz CT molecular complexity index is 477. The van der Waals surface area contributed by atoms with E-state index in [1.54, 1.807) is 7.11 Å². The van der Waals surface area contributed by atoms with Crippen LogP contribution in [-0.2, 0) is 6.54 Å². The molecule has 0 spiro atoms. The number of nitrogens with two attached hydrogens (primary N) is 1. The summed E-state index contributed by atoms with van der Waals surface area (Å²) in [4.78, 5) is 5.04. The average Bonchev–Trinajstić information content (AvgIpc) is 2.43. The molecule has 0 saturated carbocycles. The van der Waals surface area contributed by atoms with Gasteiger partial charge in [0, 0.05) is 30.3 Å². The molecule has 21 heavy (non-hydrogen) atoms.